The molecule has 0 aliphatic heterocycles. The van der Waals surface area contributed by atoms with E-state index in [4.69, 9.17) is 0 Å². The van der Waals surface area contributed by atoms with Crippen LogP contribution in [0.3, 0.4) is 0 Å². The van der Waals surface area contributed by atoms with Crippen LogP contribution in [0.1, 0.15) is 6.42 Å². The van der Waals surface area contributed by atoms with Gasteiger partial charge in [0.1, 0.15) is 0 Å². The minimum Gasteiger partial charge on any atom is -0.377 e. The topological polar surface area (TPSA) is 40.6 Å². The van der Waals surface area contributed by atoms with Gasteiger partial charge in [-0.25, -0.2) is 8.42 Å². The van der Waals surface area contributed by atoms with E-state index in [1.807, 2.05) is 43.3 Å². The van der Waals surface area contributed by atoms with Gasteiger partial charge in [-0.05, 0) is 23.9 Å². The van der Waals surface area contributed by atoms with Crippen molar-refractivity contribution in [2.45, 2.75) is 11.3 Å². The van der Waals surface area contributed by atoms with Crippen LogP contribution in [0, 0.1) is 0 Å². The largest absolute Gasteiger partial charge is 0.377 e. The molecule has 24 heavy (non-hydrogen) atoms. The smallest absolute Gasteiger partial charge is 0.243 e. The van der Waals surface area contributed by atoms with Crippen LogP contribution in [-0.2, 0) is 10.0 Å². The number of benzene rings is 2. The Morgan fingerprint density at radius 2 is 1.75 bits per heavy atom. The fourth-order valence-electron chi connectivity index (χ4n) is 2.71. The summed E-state index contributed by atoms with van der Waals surface area (Å²) >= 11 is 4.14. The van der Waals surface area contributed by atoms with E-state index in [1.54, 1.807) is 12.1 Å². The molecule has 0 heterocycles. The van der Waals surface area contributed by atoms with E-state index in [-0.39, 0.29) is 24.4 Å². The van der Waals surface area contributed by atoms with Crippen molar-refractivity contribution < 1.29 is 12.8 Å². The van der Waals surface area contributed by atoms with E-state index in [1.165, 1.54) is 4.31 Å². The first-order chi connectivity index (χ1) is 11.4. The Balaban J connectivity index is 2.65. The number of rotatable bonds is 8. The molecule has 0 aliphatic carbocycles. The third kappa shape index (κ3) is 3.84. The number of hydrogen-bond acceptors (Lipinski definition) is 4. The monoisotopic (exact) mass is 370 g/mol. The standard InChI is InChI=1S/C17H23FN2O2S2/c1-19(2)15-8-3-6-14-7-4-9-16(17(14)15)24(21,22)20(12-13-23)11-5-10-18/h3-4,6-9,23H,5,10-13H2,1-2H3. The van der Waals surface area contributed by atoms with Gasteiger partial charge in [0, 0.05) is 44.0 Å². The van der Waals surface area contributed by atoms with Crippen LogP contribution < -0.4 is 4.90 Å². The summed E-state index contributed by atoms with van der Waals surface area (Å²) in [6.07, 6.45) is 0.179. The highest BCUT2D eigenvalue weighted by molar-refractivity contribution is 7.89. The summed E-state index contributed by atoms with van der Waals surface area (Å²) in [6.45, 7) is -0.136. The van der Waals surface area contributed by atoms with E-state index < -0.39 is 16.7 Å². The zero-order chi connectivity index (χ0) is 17.7. The zero-order valence-corrected chi connectivity index (χ0v) is 15.7. The van der Waals surface area contributed by atoms with Crippen molar-refractivity contribution in [3.63, 3.8) is 0 Å². The highest BCUT2D eigenvalue weighted by Gasteiger charge is 2.26. The van der Waals surface area contributed by atoms with Gasteiger partial charge in [-0.15, -0.1) is 0 Å². The Hall–Kier alpha value is -1.31. The molecule has 0 atom stereocenters. The first-order valence-corrected chi connectivity index (χ1v) is 9.86. The summed E-state index contributed by atoms with van der Waals surface area (Å²) in [5.41, 5.74) is 0.836. The maximum atomic E-state index is 13.2. The minimum atomic E-state index is -3.73. The van der Waals surface area contributed by atoms with Gasteiger partial charge < -0.3 is 4.90 Å². The van der Waals surface area contributed by atoms with Crippen molar-refractivity contribution in [2.75, 3.05) is 44.5 Å². The first-order valence-electron chi connectivity index (χ1n) is 7.79. The predicted octanol–water partition coefficient (Wildman–Crippen LogP) is 3.19. The predicted molar refractivity (Wildman–Crippen MR) is 101 cm³/mol. The second-order valence-corrected chi connectivity index (χ2v) is 8.05. The highest BCUT2D eigenvalue weighted by Crippen LogP contribution is 2.33. The lowest BCUT2D eigenvalue weighted by molar-refractivity contribution is 0.384. The molecule has 0 bridgehead atoms. The lowest BCUT2D eigenvalue weighted by Gasteiger charge is -2.24. The van der Waals surface area contributed by atoms with E-state index in [9.17, 15) is 12.8 Å². The molecule has 132 valence electrons. The van der Waals surface area contributed by atoms with Gasteiger partial charge >= 0.3 is 0 Å². The maximum absolute atomic E-state index is 13.2. The summed E-state index contributed by atoms with van der Waals surface area (Å²) in [7, 11) is 0.0365. The fourth-order valence-corrected chi connectivity index (χ4v) is 4.80. The Morgan fingerprint density at radius 1 is 1.08 bits per heavy atom. The van der Waals surface area contributed by atoms with Crippen molar-refractivity contribution in [2.24, 2.45) is 0 Å². The van der Waals surface area contributed by atoms with Gasteiger partial charge in [-0.2, -0.15) is 16.9 Å². The fraction of sp³-hybridized carbons (Fsp3) is 0.412. The van der Waals surface area contributed by atoms with Crippen LogP contribution in [0.2, 0.25) is 0 Å². The van der Waals surface area contributed by atoms with E-state index >= 15 is 0 Å². The van der Waals surface area contributed by atoms with Crippen LogP contribution in [0.4, 0.5) is 10.1 Å². The van der Waals surface area contributed by atoms with E-state index in [0.717, 1.165) is 11.1 Å². The molecular formula is C17H23FN2O2S2. The summed E-state index contributed by atoms with van der Waals surface area (Å²) in [6, 6.07) is 10.9. The van der Waals surface area contributed by atoms with Crippen LogP contribution in [-0.4, -0.2) is 52.3 Å². The molecule has 0 aromatic heterocycles. The number of nitrogens with zero attached hydrogens (tertiary/aromatic N) is 2. The van der Waals surface area contributed by atoms with Gasteiger partial charge in [0.15, 0.2) is 0 Å². The van der Waals surface area contributed by atoms with Crippen LogP contribution in [0.15, 0.2) is 41.3 Å². The van der Waals surface area contributed by atoms with E-state index in [0.29, 0.717) is 11.1 Å². The molecule has 0 N–H and O–H groups in total. The van der Waals surface area contributed by atoms with Gasteiger partial charge in [0.2, 0.25) is 10.0 Å². The second kappa shape index (κ2) is 8.18. The normalized spacial score (nSPS) is 12.0. The van der Waals surface area contributed by atoms with Crippen molar-refractivity contribution in [1.82, 2.24) is 4.31 Å². The van der Waals surface area contributed by atoms with Gasteiger partial charge in [0.25, 0.3) is 0 Å². The van der Waals surface area contributed by atoms with Crippen LogP contribution >= 0.6 is 12.6 Å². The van der Waals surface area contributed by atoms with Gasteiger partial charge in [0.05, 0.1) is 11.6 Å². The molecule has 0 unspecified atom stereocenters. The van der Waals surface area contributed by atoms with Crippen molar-refractivity contribution >= 4 is 39.1 Å². The Morgan fingerprint density at radius 3 is 2.33 bits per heavy atom. The molecule has 7 heteroatoms. The van der Waals surface area contributed by atoms with Crippen LogP contribution in [0.5, 0.6) is 0 Å². The summed E-state index contributed by atoms with van der Waals surface area (Å²) < 4.78 is 40.2. The number of alkyl halides is 1. The average Bonchev–Trinajstić information content (AvgIpc) is 2.57. The Kier molecular flexibility index (Phi) is 6.48. The molecule has 0 aliphatic rings. The highest BCUT2D eigenvalue weighted by atomic mass is 32.2. The maximum Gasteiger partial charge on any atom is 0.243 e. The van der Waals surface area contributed by atoms with Crippen molar-refractivity contribution in [3.8, 4) is 0 Å². The minimum absolute atomic E-state index is 0.153. The lowest BCUT2D eigenvalue weighted by atomic mass is 10.1. The Labute approximate surface area is 148 Å². The summed E-state index contributed by atoms with van der Waals surface area (Å²) in [5.74, 6) is 0.386. The molecule has 0 saturated carbocycles. The number of fused-ring (bicyclic) bond motifs is 1. The first kappa shape index (κ1) is 19.0. The third-order valence-electron chi connectivity index (χ3n) is 3.83. The van der Waals surface area contributed by atoms with E-state index in [2.05, 4.69) is 12.6 Å². The molecule has 0 saturated heterocycles. The molecule has 4 nitrogen and oxygen atoms in total. The van der Waals surface area contributed by atoms with Crippen molar-refractivity contribution in [1.29, 1.82) is 0 Å². The number of halogens is 1. The Bertz CT molecular complexity index is 789. The molecule has 0 fully saturated rings. The zero-order valence-electron chi connectivity index (χ0n) is 13.9. The van der Waals surface area contributed by atoms with Crippen molar-refractivity contribution in [3.05, 3.63) is 36.4 Å². The molecular weight excluding hydrogens is 347 g/mol. The average molecular weight is 371 g/mol. The molecule has 0 spiro atoms. The quantitative estimate of drug-likeness (QED) is 0.726. The third-order valence-corrected chi connectivity index (χ3v) is 5.98. The molecule has 0 amide bonds. The summed E-state index contributed by atoms with van der Waals surface area (Å²) in [5, 5.41) is 1.55. The number of thiol groups is 1. The SMILES string of the molecule is CN(C)c1cccc2cccc(S(=O)(=O)N(CCS)CCCF)c12. The molecule has 2 aromatic carbocycles. The molecule has 2 rings (SSSR count). The van der Waals surface area contributed by atoms with Gasteiger partial charge in [-0.3, -0.25) is 4.39 Å². The number of hydrogen-bond donors (Lipinski definition) is 1. The second-order valence-electron chi connectivity index (χ2n) is 5.70. The van der Waals surface area contributed by atoms with Gasteiger partial charge in [-0.1, -0.05) is 24.3 Å². The molecule has 0 radical (unpaired) electrons. The number of anilines is 1. The number of sulfonamides is 1. The molecule has 2 aromatic rings. The summed E-state index contributed by atoms with van der Waals surface area (Å²) in [4.78, 5) is 2.15. The van der Waals surface area contributed by atoms with Crippen LogP contribution in [0.25, 0.3) is 10.8 Å². The lowest BCUT2D eigenvalue weighted by Crippen LogP contribution is -2.34.